The number of carbonyl (C=O) groups is 3. The minimum atomic E-state index is -3.33. The maximum atomic E-state index is 13.0. The van der Waals surface area contributed by atoms with Crippen molar-refractivity contribution in [1.82, 2.24) is 14.9 Å². The van der Waals surface area contributed by atoms with Gasteiger partial charge >= 0.3 is 0 Å². The van der Waals surface area contributed by atoms with Crippen molar-refractivity contribution in [3.05, 3.63) is 35.6 Å². The number of carbonyl (C=O) groups excluding carboxylic acids is 3. The van der Waals surface area contributed by atoms with Gasteiger partial charge in [-0.2, -0.15) is 0 Å². The molecule has 1 atom stereocenters. The third-order valence-corrected chi connectivity index (χ3v) is 7.29. The second-order valence-corrected chi connectivity index (χ2v) is 11.3. The first-order valence-corrected chi connectivity index (χ1v) is 12.4. The van der Waals surface area contributed by atoms with Crippen molar-refractivity contribution in [3.63, 3.8) is 0 Å². The van der Waals surface area contributed by atoms with Crippen LogP contribution < -0.4 is 10.0 Å². The number of sulfonamides is 1. The zero-order valence-corrected chi connectivity index (χ0v) is 22.7. The largest absolute Gasteiger partial charge is 0.350 e. The second-order valence-electron chi connectivity index (χ2n) is 9.26. The molecule has 1 aromatic carbocycles. The molecule has 0 aromatic heterocycles. The van der Waals surface area contributed by atoms with Gasteiger partial charge in [0.2, 0.25) is 10.0 Å². The van der Waals surface area contributed by atoms with Gasteiger partial charge in [0.25, 0.3) is 17.6 Å². The summed E-state index contributed by atoms with van der Waals surface area (Å²) in [7, 11) is -3.33. The summed E-state index contributed by atoms with van der Waals surface area (Å²) in [6, 6.07) is 4.03. The molecule has 1 radical (unpaired) electrons. The Morgan fingerprint density at radius 3 is 2.35 bits per heavy atom. The zero-order valence-electron chi connectivity index (χ0n) is 19.9. The van der Waals surface area contributed by atoms with E-state index in [-0.39, 0.29) is 54.4 Å². The van der Waals surface area contributed by atoms with Crippen LogP contribution in [0.4, 0.5) is 4.39 Å². The van der Waals surface area contributed by atoms with Crippen LogP contribution in [0.5, 0.6) is 0 Å². The summed E-state index contributed by atoms with van der Waals surface area (Å²) < 4.78 is 39.5. The molecule has 12 heteroatoms. The SMILES string of the molecule is CC(C)(C)C1=NC(C(=O)NCc2ccc(F)cc2)C(=O)C(=O)N1CCCNS(=O)(=O)C1CC1.[Na]. The molecule has 1 aliphatic carbocycles. The Labute approximate surface area is 221 Å². The van der Waals surface area contributed by atoms with Crippen molar-refractivity contribution in [1.29, 1.82) is 0 Å². The third kappa shape index (κ3) is 7.17. The Bertz CT molecular complexity index is 1070. The van der Waals surface area contributed by atoms with Gasteiger partial charge in [-0.1, -0.05) is 32.9 Å². The Kier molecular flexibility index (Phi) is 9.57. The molecule has 3 rings (SSSR count). The Hall–Kier alpha value is -1.66. The van der Waals surface area contributed by atoms with Gasteiger partial charge in [0.15, 0.2) is 6.04 Å². The molecule has 1 unspecified atom stereocenters. The molecule has 1 saturated carbocycles. The standard InChI is InChI=1S/C22H29FN4O5S.Na/c1-22(2,3)21-26-17(19(29)24-13-14-5-7-15(23)8-6-14)18(28)20(30)27(21)12-4-11-25-33(31,32)16-9-10-16;/h5-8,16-17,25H,4,9-13H2,1-3H3,(H,24,29);. The Morgan fingerprint density at radius 1 is 1.18 bits per heavy atom. The number of aliphatic imine (C=N–C) groups is 1. The van der Waals surface area contributed by atoms with Gasteiger partial charge in [0.1, 0.15) is 11.7 Å². The molecule has 1 aliphatic heterocycles. The predicted octanol–water partition coefficient (Wildman–Crippen LogP) is 0.758. The van der Waals surface area contributed by atoms with E-state index in [9.17, 15) is 27.2 Å². The van der Waals surface area contributed by atoms with E-state index in [0.29, 0.717) is 30.7 Å². The molecule has 0 saturated heterocycles. The summed E-state index contributed by atoms with van der Waals surface area (Å²) in [6.07, 6.45) is 1.60. The van der Waals surface area contributed by atoms with Crippen molar-refractivity contribution >= 4 is 63.0 Å². The number of benzene rings is 1. The van der Waals surface area contributed by atoms with E-state index < -0.39 is 44.9 Å². The number of rotatable bonds is 9. The molecular formula is C22H29FN4NaO5S. The predicted molar refractivity (Wildman–Crippen MR) is 126 cm³/mol. The summed E-state index contributed by atoms with van der Waals surface area (Å²) in [5.41, 5.74) is -0.00560. The third-order valence-electron chi connectivity index (χ3n) is 5.34. The van der Waals surface area contributed by atoms with Gasteiger partial charge in [0.05, 0.1) is 5.25 Å². The molecule has 1 heterocycles. The normalized spacial score (nSPS) is 18.9. The van der Waals surface area contributed by atoms with Crippen molar-refractivity contribution in [2.45, 2.75) is 57.9 Å². The molecule has 1 fully saturated rings. The minimum absolute atomic E-state index is 0. The summed E-state index contributed by atoms with van der Waals surface area (Å²) in [4.78, 5) is 43.7. The van der Waals surface area contributed by atoms with E-state index in [2.05, 4.69) is 15.0 Å². The van der Waals surface area contributed by atoms with Crippen molar-refractivity contribution < 1.29 is 27.2 Å². The summed E-state index contributed by atoms with van der Waals surface area (Å²) >= 11 is 0. The maximum Gasteiger partial charge on any atom is 0.298 e. The average molecular weight is 504 g/mol. The number of hydrogen-bond acceptors (Lipinski definition) is 6. The van der Waals surface area contributed by atoms with E-state index in [0.717, 1.165) is 0 Å². The monoisotopic (exact) mass is 503 g/mol. The quantitative estimate of drug-likeness (QED) is 0.223. The molecule has 2 amide bonds. The van der Waals surface area contributed by atoms with Crippen LogP contribution in [0.15, 0.2) is 29.3 Å². The van der Waals surface area contributed by atoms with Crippen LogP contribution in [-0.2, 0) is 31.0 Å². The first kappa shape index (κ1) is 28.6. The number of nitrogens with one attached hydrogen (secondary N) is 2. The summed E-state index contributed by atoms with van der Waals surface area (Å²) in [5, 5.41) is 2.24. The fraction of sp³-hybridized carbons (Fsp3) is 0.545. The van der Waals surface area contributed by atoms with E-state index in [1.165, 1.54) is 29.2 Å². The van der Waals surface area contributed by atoms with Crippen LogP contribution in [0.1, 0.15) is 45.6 Å². The zero-order chi connectivity index (χ0) is 24.4. The smallest absolute Gasteiger partial charge is 0.298 e. The molecular weight excluding hydrogens is 474 g/mol. The van der Waals surface area contributed by atoms with E-state index in [1.807, 2.05) is 20.8 Å². The van der Waals surface area contributed by atoms with Gasteiger partial charge < -0.3 is 5.32 Å². The van der Waals surface area contributed by atoms with Crippen molar-refractivity contribution in [2.75, 3.05) is 13.1 Å². The molecule has 2 N–H and O–H groups in total. The molecule has 0 bridgehead atoms. The number of amides is 2. The summed E-state index contributed by atoms with van der Waals surface area (Å²) in [5.74, 6) is -2.62. The Morgan fingerprint density at radius 2 is 1.79 bits per heavy atom. The molecule has 2 aliphatic rings. The summed E-state index contributed by atoms with van der Waals surface area (Å²) in [6.45, 7) is 5.72. The average Bonchev–Trinajstić information content (AvgIpc) is 3.58. The van der Waals surface area contributed by atoms with Gasteiger partial charge in [-0.05, 0) is 37.0 Å². The fourth-order valence-electron chi connectivity index (χ4n) is 3.42. The first-order chi connectivity index (χ1) is 15.4. The van der Waals surface area contributed by atoms with E-state index >= 15 is 0 Å². The van der Waals surface area contributed by atoms with Gasteiger partial charge in [0, 0.05) is 54.6 Å². The van der Waals surface area contributed by atoms with Crippen LogP contribution in [0.25, 0.3) is 0 Å². The Balaban J connectivity index is 0.00000408. The van der Waals surface area contributed by atoms with Crippen molar-refractivity contribution in [2.24, 2.45) is 10.4 Å². The first-order valence-electron chi connectivity index (χ1n) is 10.8. The topological polar surface area (TPSA) is 125 Å². The number of nitrogens with zero attached hydrogens (tertiary/aromatic N) is 2. The van der Waals surface area contributed by atoms with Gasteiger partial charge in [-0.15, -0.1) is 0 Å². The number of ketones is 1. The molecule has 181 valence electrons. The van der Waals surface area contributed by atoms with Crippen LogP contribution >= 0.6 is 0 Å². The van der Waals surface area contributed by atoms with Crippen LogP contribution in [-0.4, -0.2) is 90.7 Å². The van der Waals surface area contributed by atoms with Crippen molar-refractivity contribution in [3.8, 4) is 0 Å². The number of Topliss-reactive ketones (excluding diaryl/α,β-unsaturated/α-hetero) is 1. The van der Waals surface area contributed by atoms with Gasteiger partial charge in [-0.25, -0.2) is 22.5 Å². The van der Waals surface area contributed by atoms with E-state index in [4.69, 9.17) is 0 Å². The molecule has 0 spiro atoms. The number of halogens is 1. The number of hydrogen-bond donors (Lipinski definition) is 2. The molecule has 1 aromatic rings. The van der Waals surface area contributed by atoms with Gasteiger partial charge in [-0.3, -0.25) is 19.3 Å². The van der Waals surface area contributed by atoms with Crippen LogP contribution in [0, 0.1) is 11.2 Å². The van der Waals surface area contributed by atoms with Crippen LogP contribution in [0.3, 0.4) is 0 Å². The van der Waals surface area contributed by atoms with Crippen LogP contribution in [0.2, 0.25) is 0 Å². The van der Waals surface area contributed by atoms with E-state index in [1.54, 1.807) is 0 Å². The molecule has 9 nitrogen and oxygen atoms in total. The second kappa shape index (κ2) is 11.4. The molecule has 34 heavy (non-hydrogen) atoms. The fourth-order valence-corrected chi connectivity index (χ4v) is 4.84. The minimum Gasteiger partial charge on any atom is -0.350 e. The maximum absolute atomic E-state index is 13.0. The number of amidine groups is 1.